The van der Waals surface area contributed by atoms with Crippen molar-refractivity contribution >= 4 is 44.5 Å². The molecular weight excluding hydrogens is 194 g/mol. The average Bonchev–Trinajstić information content (AvgIpc) is 2.02. The van der Waals surface area contributed by atoms with E-state index in [1.807, 2.05) is 0 Å². The molecule has 0 aliphatic rings. The third kappa shape index (κ3) is 5.93. The van der Waals surface area contributed by atoms with Gasteiger partial charge in [0.15, 0.2) is 5.17 Å². The number of nitrogens with zero attached hydrogens (tertiary/aromatic N) is 2. The van der Waals surface area contributed by atoms with E-state index in [4.69, 9.17) is 16.6 Å². The van der Waals surface area contributed by atoms with E-state index in [1.165, 1.54) is 21.6 Å². The summed E-state index contributed by atoms with van der Waals surface area (Å²) in [6.07, 6.45) is 1.85. The first-order chi connectivity index (χ1) is 5.70. The van der Waals surface area contributed by atoms with Gasteiger partial charge in [-0.2, -0.15) is 0 Å². The number of hydrogen-bond donors (Lipinski definition) is 3. The quantitative estimate of drug-likeness (QED) is 0.358. The van der Waals surface area contributed by atoms with E-state index < -0.39 is 0 Å². The summed E-state index contributed by atoms with van der Waals surface area (Å²) in [5.74, 6) is 0. The maximum Gasteiger partial charge on any atom is 0.171 e. The zero-order chi connectivity index (χ0) is 9.40. The van der Waals surface area contributed by atoms with E-state index >= 15 is 0 Å². The smallest absolute Gasteiger partial charge is 0.171 e. The second-order valence-corrected chi connectivity index (χ2v) is 3.88. The van der Waals surface area contributed by atoms with Gasteiger partial charge in [-0.15, -0.1) is 0 Å². The van der Waals surface area contributed by atoms with E-state index in [0.29, 0.717) is 5.17 Å². The maximum absolute atomic E-state index is 6.67. The van der Waals surface area contributed by atoms with Gasteiger partial charge in [0.1, 0.15) is 12.7 Å². The van der Waals surface area contributed by atoms with E-state index in [-0.39, 0.29) is 0 Å². The fourth-order valence-corrected chi connectivity index (χ4v) is 1.57. The largest absolute Gasteiger partial charge is 0.377 e. The average molecular weight is 203 g/mol. The van der Waals surface area contributed by atoms with Crippen LogP contribution in [0.15, 0.2) is 9.98 Å². The molecule has 12 heavy (non-hydrogen) atoms. The van der Waals surface area contributed by atoms with Crippen molar-refractivity contribution < 1.29 is 0 Å². The molecule has 7 heteroatoms. The molecule has 0 aromatic carbocycles. The zero-order valence-corrected chi connectivity index (χ0v) is 8.08. The first kappa shape index (κ1) is 11.2. The summed E-state index contributed by atoms with van der Waals surface area (Å²) in [6, 6.07) is 0. The molecule has 0 aliphatic heterocycles. The van der Waals surface area contributed by atoms with Crippen molar-refractivity contribution in [2.45, 2.75) is 6.92 Å². The highest BCUT2D eigenvalue weighted by molar-refractivity contribution is 8.87. The van der Waals surface area contributed by atoms with Crippen LogP contribution in [-0.4, -0.2) is 22.9 Å². The fourth-order valence-electron chi connectivity index (χ4n) is 0.301. The summed E-state index contributed by atoms with van der Waals surface area (Å²) in [6.45, 7) is 1.76. The first-order valence-corrected chi connectivity index (χ1v) is 5.05. The van der Waals surface area contributed by atoms with Gasteiger partial charge in [-0.3, -0.25) is 10.8 Å². The Bertz CT molecular complexity index is 198. The zero-order valence-electron chi connectivity index (χ0n) is 6.44. The third-order valence-corrected chi connectivity index (χ3v) is 2.88. The first-order valence-electron chi connectivity index (χ1n) is 2.90. The summed E-state index contributed by atoms with van der Waals surface area (Å²) < 4.78 is 0. The van der Waals surface area contributed by atoms with Gasteiger partial charge < -0.3 is 5.73 Å². The number of aliphatic imine (C=N–C) groups is 2. The molecular formula is C5H9N5S2. The minimum Gasteiger partial charge on any atom is -0.377 e. The Labute approximate surface area is 78.3 Å². The molecule has 0 fully saturated rings. The predicted molar refractivity (Wildman–Crippen MR) is 57.5 cm³/mol. The molecule has 0 aromatic rings. The Kier molecular flexibility index (Phi) is 6.39. The van der Waals surface area contributed by atoms with Gasteiger partial charge in [0.25, 0.3) is 0 Å². The molecule has 0 aromatic heterocycles. The lowest BCUT2D eigenvalue weighted by atomic mass is 10.9. The van der Waals surface area contributed by atoms with Gasteiger partial charge in [-0.05, 0) is 28.5 Å². The molecule has 4 N–H and O–H groups in total. The van der Waals surface area contributed by atoms with Gasteiger partial charge in [-0.25, -0.2) is 9.98 Å². The van der Waals surface area contributed by atoms with Crippen LogP contribution in [0.4, 0.5) is 0 Å². The van der Waals surface area contributed by atoms with Crippen LogP contribution in [0.1, 0.15) is 6.92 Å². The second-order valence-electron chi connectivity index (χ2n) is 1.54. The molecule has 0 heterocycles. The van der Waals surface area contributed by atoms with Crippen molar-refractivity contribution in [2.75, 3.05) is 0 Å². The topological polar surface area (TPSA) is 98.4 Å². The van der Waals surface area contributed by atoms with Crippen LogP contribution in [-0.2, 0) is 0 Å². The number of amidine groups is 1. The highest BCUT2D eigenvalue weighted by atomic mass is 33.1. The van der Waals surface area contributed by atoms with E-state index in [2.05, 4.69) is 9.98 Å². The van der Waals surface area contributed by atoms with Crippen LogP contribution in [0, 0.1) is 10.8 Å². The van der Waals surface area contributed by atoms with Crippen molar-refractivity contribution in [3.05, 3.63) is 0 Å². The van der Waals surface area contributed by atoms with E-state index in [1.54, 1.807) is 6.92 Å². The molecule has 0 rings (SSSR count). The lowest BCUT2D eigenvalue weighted by molar-refractivity contribution is 1.51. The monoisotopic (exact) mass is 203 g/mol. The number of hydrogen-bond acceptors (Lipinski definition) is 4. The molecule has 5 nitrogen and oxygen atoms in total. The number of nitrogens with two attached hydrogens (primary N) is 1. The van der Waals surface area contributed by atoms with Crippen LogP contribution in [0.25, 0.3) is 0 Å². The SMILES string of the molecule is CC(=NC=N)SSC(N)=NC=N. The summed E-state index contributed by atoms with van der Waals surface area (Å²) in [7, 11) is 2.51. The van der Waals surface area contributed by atoms with Crippen molar-refractivity contribution in [2.24, 2.45) is 15.7 Å². The van der Waals surface area contributed by atoms with Crippen LogP contribution in [0.2, 0.25) is 0 Å². The standard InChI is InChI=1S/C5H9N5S2/c1-4(9-2-6)11-12-5(8)10-3-7/h2-3,6H,1H3,(H3,7,8,10). The van der Waals surface area contributed by atoms with Crippen LogP contribution < -0.4 is 5.73 Å². The van der Waals surface area contributed by atoms with Gasteiger partial charge in [0.05, 0.1) is 5.04 Å². The molecule has 0 saturated heterocycles. The summed E-state index contributed by atoms with van der Waals surface area (Å²) >= 11 is 0. The van der Waals surface area contributed by atoms with E-state index in [0.717, 1.165) is 17.7 Å². The fraction of sp³-hybridized carbons (Fsp3) is 0.200. The number of rotatable bonds is 2. The van der Waals surface area contributed by atoms with Gasteiger partial charge in [0.2, 0.25) is 0 Å². The molecule has 0 aliphatic carbocycles. The molecule has 0 bridgehead atoms. The van der Waals surface area contributed by atoms with Crippen molar-refractivity contribution in [1.82, 2.24) is 0 Å². The molecule has 0 radical (unpaired) electrons. The lowest BCUT2D eigenvalue weighted by Crippen LogP contribution is -2.04. The Hall–Kier alpha value is -0.820. The Morgan fingerprint density at radius 3 is 2.33 bits per heavy atom. The van der Waals surface area contributed by atoms with Crippen LogP contribution in [0.5, 0.6) is 0 Å². The molecule has 0 atom stereocenters. The minimum atomic E-state index is 0.300. The summed E-state index contributed by atoms with van der Waals surface area (Å²) in [5, 5.41) is 14.3. The summed E-state index contributed by atoms with van der Waals surface area (Å²) in [4.78, 5) is 7.21. The highest BCUT2D eigenvalue weighted by Gasteiger charge is 1.95. The molecule has 0 unspecified atom stereocenters. The highest BCUT2D eigenvalue weighted by Crippen LogP contribution is 2.22. The maximum atomic E-state index is 6.67. The second kappa shape index (κ2) is 6.86. The molecule has 0 spiro atoms. The van der Waals surface area contributed by atoms with Gasteiger partial charge in [-0.1, -0.05) is 0 Å². The Morgan fingerprint density at radius 2 is 1.83 bits per heavy atom. The molecule has 0 amide bonds. The van der Waals surface area contributed by atoms with Gasteiger partial charge in [0, 0.05) is 0 Å². The third-order valence-electron chi connectivity index (χ3n) is 0.686. The van der Waals surface area contributed by atoms with Crippen molar-refractivity contribution in [3.63, 3.8) is 0 Å². The summed E-state index contributed by atoms with van der Waals surface area (Å²) in [5.41, 5.74) is 5.36. The van der Waals surface area contributed by atoms with Crippen molar-refractivity contribution in [3.8, 4) is 0 Å². The lowest BCUT2D eigenvalue weighted by Gasteiger charge is -1.95. The van der Waals surface area contributed by atoms with E-state index in [9.17, 15) is 0 Å². The predicted octanol–water partition coefficient (Wildman–Crippen LogP) is 1.32. The van der Waals surface area contributed by atoms with Gasteiger partial charge >= 0.3 is 0 Å². The van der Waals surface area contributed by atoms with Crippen molar-refractivity contribution in [1.29, 1.82) is 10.8 Å². The normalized spacial score (nSPS) is 12.8. The minimum absolute atomic E-state index is 0.300. The van der Waals surface area contributed by atoms with Crippen LogP contribution in [0.3, 0.4) is 0 Å². The molecule has 66 valence electrons. The Balaban J connectivity index is 3.82. The number of nitrogens with one attached hydrogen (secondary N) is 2. The Morgan fingerprint density at radius 1 is 1.25 bits per heavy atom. The van der Waals surface area contributed by atoms with Crippen LogP contribution >= 0.6 is 21.6 Å². The molecule has 0 saturated carbocycles.